The highest BCUT2D eigenvalue weighted by atomic mass is 32.2. The van der Waals surface area contributed by atoms with Crippen molar-refractivity contribution in [1.82, 2.24) is 16.0 Å². The molecule has 0 saturated heterocycles. The lowest BCUT2D eigenvalue weighted by atomic mass is 10.0. The maximum atomic E-state index is 12.9. The van der Waals surface area contributed by atoms with Crippen LogP contribution in [-0.4, -0.2) is 82.0 Å². The van der Waals surface area contributed by atoms with Gasteiger partial charge in [-0.3, -0.25) is 24.0 Å². The molecule has 0 fully saturated rings. The van der Waals surface area contributed by atoms with Crippen LogP contribution in [0, 0.1) is 5.92 Å². The summed E-state index contributed by atoms with van der Waals surface area (Å²) in [7, 11) is 0. The van der Waals surface area contributed by atoms with E-state index in [1.165, 1.54) is 11.8 Å². The van der Waals surface area contributed by atoms with E-state index in [2.05, 4.69) is 16.0 Å². The molecular weight excluding hydrogens is 482 g/mol. The van der Waals surface area contributed by atoms with Crippen LogP contribution in [-0.2, 0) is 28.8 Å². The van der Waals surface area contributed by atoms with Gasteiger partial charge in [-0.2, -0.15) is 11.8 Å². The molecule has 0 radical (unpaired) electrons. The fourth-order valence-electron chi connectivity index (χ4n) is 2.98. The summed E-state index contributed by atoms with van der Waals surface area (Å²) >= 11 is 1.49. The second-order valence-corrected chi connectivity index (χ2v) is 9.46. The predicted octanol–water partition coefficient (Wildman–Crippen LogP) is -1.22. The Morgan fingerprint density at radius 3 is 1.80 bits per heavy atom. The Balaban J connectivity index is 5.53. The molecule has 0 aromatic carbocycles. The highest BCUT2D eigenvalue weighted by Crippen LogP contribution is 2.09. The smallest absolute Gasteiger partial charge is 0.326 e. The highest BCUT2D eigenvalue weighted by Gasteiger charge is 2.31. The summed E-state index contributed by atoms with van der Waals surface area (Å²) in [5, 5.41) is 25.6. The van der Waals surface area contributed by atoms with Gasteiger partial charge >= 0.3 is 11.9 Å². The molecule has 13 nitrogen and oxygen atoms in total. The number of carbonyl (C=O) groups is 6. The lowest BCUT2D eigenvalue weighted by molar-refractivity contribution is -0.142. The number of rotatable bonds is 18. The summed E-state index contributed by atoms with van der Waals surface area (Å²) in [6.45, 7) is 3.56. The van der Waals surface area contributed by atoms with E-state index < -0.39 is 66.2 Å². The first-order valence-electron chi connectivity index (χ1n) is 11.2. The second kappa shape index (κ2) is 16.7. The molecule has 0 spiro atoms. The number of hydrogen-bond donors (Lipinski definition) is 7. The molecule has 200 valence electrons. The summed E-state index contributed by atoms with van der Waals surface area (Å²) in [6, 6.07) is -4.75. The van der Waals surface area contributed by atoms with Crippen LogP contribution in [0.3, 0.4) is 0 Å². The van der Waals surface area contributed by atoms with Crippen molar-refractivity contribution < 1.29 is 39.0 Å². The Hall–Kier alpha value is -2.87. The maximum absolute atomic E-state index is 12.9. The molecule has 0 aliphatic rings. The maximum Gasteiger partial charge on any atom is 0.326 e. The Bertz CT molecular complexity index is 764. The third-order valence-corrected chi connectivity index (χ3v) is 5.53. The Kier molecular flexibility index (Phi) is 15.3. The van der Waals surface area contributed by atoms with Crippen molar-refractivity contribution in [2.75, 3.05) is 12.0 Å². The van der Waals surface area contributed by atoms with Gasteiger partial charge in [0.2, 0.25) is 23.6 Å². The molecule has 0 bridgehead atoms. The SMILES string of the molecule is CSCCC(N)C(=O)NC(CCC(=O)O)C(=O)NC(CC(C)C)C(=O)NC(CCC(N)=O)C(=O)O. The summed E-state index contributed by atoms with van der Waals surface area (Å²) in [5.41, 5.74) is 10.9. The van der Waals surface area contributed by atoms with Crippen molar-refractivity contribution in [1.29, 1.82) is 0 Å². The van der Waals surface area contributed by atoms with E-state index in [1.807, 2.05) is 6.26 Å². The monoisotopic (exact) mass is 519 g/mol. The summed E-state index contributed by atoms with van der Waals surface area (Å²) < 4.78 is 0. The number of thioether (sulfide) groups is 1. The first-order valence-corrected chi connectivity index (χ1v) is 12.6. The van der Waals surface area contributed by atoms with E-state index >= 15 is 0 Å². The van der Waals surface area contributed by atoms with Gasteiger partial charge in [0, 0.05) is 12.8 Å². The summed E-state index contributed by atoms with van der Waals surface area (Å²) in [4.78, 5) is 71.6. The van der Waals surface area contributed by atoms with Gasteiger partial charge in [0.1, 0.15) is 18.1 Å². The van der Waals surface area contributed by atoms with Gasteiger partial charge in [0.25, 0.3) is 0 Å². The zero-order valence-corrected chi connectivity index (χ0v) is 21.1. The van der Waals surface area contributed by atoms with Crippen molar-refractivity contribution in [3.05, 3.63) is 0 Å². The van der Waals surface area contributed by atoms with Gasteiger partial charge in [0.05, 0.1) is 6.04 Å². The lowest BCUT2D eigenvalue weighted by Gasteiger charge is -2.26. The number of carboxylic acid groups (broad SMARTS) is 2. The first-order chi connectivity index (χ1) is 16.3. The van der Waals surface area contributed by atoms with Crippen LogP contribution >= 0.6 is 11.8 Å². The molecule has 0 rings (SSSR count). The molecule has 4 atom stereocenters. The number of primary amides is 1. The quantitative estimate of drug-likeness (QED) is 0.114. The van der Waals surface area contributed by atoms with Crippen LogP contribution in [0.5, 0.6) is 0 Å². The van der Waals surface area contributed by atoms with Gasteiger partial charge in [0.15, 0.2) is 0 Å². The van der Waals surface area contributed by atoms with E-state index in [9.17, 15) is 33.9 Å². The van der Waals surface area contributed by atoms with Crippen molar-refractivity contribution in [3.8, 4) is 0 Å². The minimum Gasteiger partial charge on any atom is -0.481 e. The normalized spacial score (nSPS) is 14.3. The van der Waals surface area contributed by atoms with E-state index in [4.69, 9.17) is 16.6 Å². The Morgan fingerprint density at radius 1 is 0.800 bits per heavy atom. The average molecular weight is 520 g/mol. The second-order valence-electron chi connectivity index (χ2n) is 8.48. The van der Waals surface area contributed by atoms with Gasteiger partial charge in [-0.25, -0.2) is 4.79 Å². The third kappa shape index (κ3) is 14.2. The molecule has 9 N–H and O–H groups in total. The molecule has 0 aliphatic carbocycles. The standard InChI is InChI=1S/C21H37N5O8S/c1-11(2)10-15(20(32)25-14(21(33)34)4-6-16(23)27)26-19(31)13(5-7-17(28)29)24-18(30)12(22)8-9-35-3/h11-15H,4-10,22H2,1-3H3,(H2,23,27)(H,24,30)(H,25,32)(H,26,31)(H,28,29)(H,33,34). The minimum atomic E-state index is -1.40. The zero-order valence-electron chi connectivity index (χ0n) is 20.2. The molecule has 14 heteroatoms. The zero-order chi connectivity index (χ0) is 27.1. The van der Waals surface area contributed by atoms with Crippen LogP contribution < -0.4 is 27.4 Å². The van der Waals surface area contributed by atoms with Crippen LogP contribution in [0.4, 0.5) is 0 Å². The minimum absolute atomic E-state index is 0.0908. The molecule has 0 aromatic heterocycles. The third-order valence-electron chi connectivity index (χ3n) is 4.88. The molecular formula is C21H37N5O8S. The van der Waals surface area contributed by atoms with Gasteiger partial charge in [-0.1, -0.05) is 13.8 Å². The number of aliphatic carboxylic acids is 2. The van der Waals surface area contributed by atoms with Crippen molar-refractivity contribution in [3.63, 3.8) is 0 Å². The molecule has 0 saturated carbocycles. The molecule has 4 unspecified atom stereocenters. The van der Waals surface area contributed by atoms with E-state index in [-0.39, 0.29) is 31.6 Å². The largest absolute Gasteiger partial charge is 0.481 e. The summed E-state index contributed by atoms with van der Waals surface area (Å²) in [5.74, 6) is -5.01. The number of hydrogen-bond acceptors (Lipinski definition) is 8. The Labute approximate surface area is 208 Å². The van der Waals surface area contributed by atoms with Gasteiger partial charge in [-0.05, 0) is 43.6 Å². The first kappa shape index (κ1) is 32.1. The average Bonchev–Trinajstić information content (AvgIpc) is 2.75. The fraction of sp³-hybridized carbons (Fsp3) is 0.714. The number of nitrogens with one attached hydrogen (secondary N) is 3. The lowest BCUT2D eigenvalue weighted by Crippen LogP contribution is -2.57. The van der Waals surface area contributed by atoms with Crippen molar-refractivity contribution in [2.45, 2.75) is 76.5 Å². The van der Waals surface area contributed by atoms with Crippen LogP contribution in [0.1, 0.15) is 52.4 Å². The van der Waals surface area contributed by atoms with Crippen LogP contribution in [0.15, 0.2) is 0 Å². The van der Waals surface area contributed by atoms with Crippen LogP contribution in [0.2, 0.25) is 0 Å². The van der Waals surface area contributed by atoms with Crippen LogP contribution in [0.25, 0.3) is 0 Å². The van der Waals surface area contributed by atoms with Gasteiger partial charge in [-0.15, -0.1) is 0 Å². The number of carbonyl (C=O) groups excluding carboxylic acids is 4. The number of carboxylic acids is 2. The van der Waals surface area contributed by atoms with E-state index in [0.717, 1.165) is 0 Å². The van der Waals surface area contributed by atoms with Gasteiger partial charge < -0.3 is 37.6 Å². The Morgan fingerprint density at radius 2 is 1.31 bits per heavy atom. The van der Waals surface area contributed by atoms with E-state index in [0.29, 0.717) is 12.2 Å². The molecule has 4 amide bonds. The molecule has 0 heterocycles. The number of nitrogens with two attached hydrogens (primary N) is 2. The van der Waals surface area contributed by atoms with Crippen molar-refractivity contribution >= 4 is 47.3 Å². The fourth-order valence-corrected chi connectivity index (χ4v) is 3.47. The molecule has 0 aromatic rings. The molecule has 0 aliphatic heterocycles. The number of amides is 4. The van der Waals surface area contributed by atoms with E-state index in [1.54, 1.807) is 13.8 Å². The van der Waals surface area contributed by atoms with Crippen molar-refractivity contribution in [2.24, 2.45) is 17.4 Å². The topological polar surface area (TPSA) is 231 Å². The highest BCUT2D eigenvalue weighted by molar-refractivity contribution is 7.98. The predicted molar refractivity (Wildman–Crippen MR) is 129 cm³/mol. The summed E-state index contributed by atoms with van der Waals surface area (Å²) in [6.07, 6.45) is 1.16. The molecule has 35 heavy (non-hydrogen) atoms.